The number of benzene rings is 1. The van der Waals surface area contributed by atoms with E-state index in [9.17, 15) is 9.90 Å². The Morgan fingerprint density at radius 2 is 1.88 bits per heavy atom. The molecule has 134 valence electrons. The number of hydrogen-bond donors (Lipinski definition) is 1. The van der Waals surface area contributed by atoms with Gasteiger partial charge in [0.05, 0.1) is 11.8 Å². The maximum atomic E-state index is 12.5. The predicted octanol–water partition coefficient (Wildman–Crippen LogP) is 2.29. The second-order valence-corrected chi connectivity index (χ2v) is 6.79. The van der Waals surface area contributed by atoms with Crippen LogP contribution in [0.5, 0.6) is 0 Å². The highest BCUT2D eigenvalue weighted by Gasteiger charge is 2.26. The molecule has 1 amide bonds. The molecule has 1 N–H and O–H groups in total. The van der Waals surface area contributed by atoms with Gasteiger partial charge >= 0.3 is 0 Å². The molecule has 6 heteroatoms. The number of aliphatic hydroxyl groups excluding tert-OH is 1. The summed E-state index contributed by atoms with van der Waals surface area (Å²) >= 11 is 0. The molecule has 0 spiro atoms. The monoisotopic (exact) mass is 343 g/mol. The SMILES string of the molecule is CC(C)c1cc(C(=O)N2CCN(CC(O)c3ccccc3)CC2)on1. The fourth-order valence-electron chi connectivity index (χ4n) is 2.98. The largest absolute Gasteiger partial charge is 0.387 e. The number of aliphatic hydroxyl groups is 1. The maximum absolute atomic E-state index is 12.5. The normalized spacial score (nSPS) is 17.0. The Morgan fingerprint density at radius 1 is 1.20 bits per heavy atom. The number of aromatic nitrogens is 1. The van der Waals surface area contributed by atoms with Gasteiger partial charge in [0.15, 0.2) is 0 Å². The Labute approximate surface area is 148 Å². The summed E-state index contributed by atoms with van der Waals surface area (Å²) in [7, 11) is 0. The first kappa shape index (κ1) is 17.6. The number of piperazine rings is 1. The van der Waals surface area contributed by atoms with Crippen LogP contribution in [0.25, 0.3) is 0 Å². The number of β-amino-alcohol motifs (C(OH)–C–C–N with tert-alkyl or cyclic N) is 1. The third-order valence-electron chi connectivity index (χ3n) is 4.61. The summed E-state index contributed by atoms with van der Waals surface area (Å²) < 4.78 is 5.20. The van der Waals surface area contributed by atoms with Crippen molar-refractivity contribution in [3.05, 3.63) is 53.4 Å². The second kappa shape index (κ2) is 7.80. The first-order valence-electron chi connectivity index (χ1n) is 8.76. The average molecular weight is 343 g/mol. The topological polar surface area (TPSA) is 69.8 Å². The molecule has 1 saturated heterocycles. The van der Waals surface area contributed by atoms with Crippen molar-refractivity contribution in [3.63, 3.8) is 0 Å². The quantitative estimate of drug-likeness (QED) is 0.902. The number of nitrogens with zero attached hydrogens (tertiary/aromatic N) is 3. The molecular formula is C19H25N3O3. The molecule has 25 heavy (non-hydrogen) atoms. The van der Waals surface area contributed by atoms with E-state index in [1.165, 1.54) is 0 Å². The molecule has 0 radical (unpaired) electrons. The van der Waals surface area contributed by atoms with Crippen molar-refractivity contribution in [2.45, 2.75) is 25.9 Å². The number of carbonyl (C=O) groups excluding carboxylic acids is 1. The summed E-state index contributed by atoms with van der Waals surface area (Å²) in [6.07, 6.45) is -0.508. The van der Waals surface area contributed by atoms with Crippen LogP contribution in [0.2, 0.25) is 0 Å². The van der Waals surface area contributed by atoms with Gasteiger partial charge in [0.1, 0.15) is 0 Å². The van der Waals surface area contributed by atoms with Crippen molar-refractivity contribution >= 4 is 5.91 Å². The zero-order valence-corrected chi connectivity index (χ0v) is 14.8. The van der Waals surface area contributed by atoms with Gasteiger partial charge in [0.2, 0.25) is 5.76 Å². The molecule has 1 atom stereocenters. The zero-order valence-electron chi connectivity index (χ0n) is 14.8. The van der Waals surface area contributed by atoms with E-state index in [2.05, 4.69) is 10.1 Å². The average Bonchev–Trinajstić information content (AvgIpc) is 3.13. The zero-order chi connectivity index (χ0) is 17.8. The maximum Gasteiger partial charge on any atom is 0.292 e. The number of amides is 1. The van der Waals surface area contributed by atoms with Crippen LogP contribution in [0.4, 0.5) is 0 Å². The molecule has 0 aliphatic carbocycles. The first-order valence-corrected chi connectivity index (χ1v) is 8.76. The predicted molar refractivity (Wildman–Crippen MR) is 94.3 cm³/mol. The summed E-state index contributed by atoms with van der Waals surface area (Å²) in [5, 5.41) is 14.3. The van der Waals surface area contributed by atoms with Crippen LogP contribution in [0.15, 0.2) is 40.9 Å². The lowest BCUT2D eigenvalue weighted by molar-refractivity contribution is 0.0496. The van der Waals surface area contributed by atoms with Crippen LogP contribution in [0.1, 0.15) is 47.7 Å². The minimum Gasteiger partial charge on any atom is -0.387 e. The van der Waals surface area contributed by atoms with Crippen LogP contribution in [0, 0.1) is 0 Å². The fraction of sp³-hybridized carbons (Fsp3) is 0.474. The minimum absolute atomic E-state index is 0.109. The van der Waals surface area contributed by atoms with Gasteiger partial charge in [-0.05, 0) is 11.5 Å². The van der Waals surface area contributed by atoms with Crippen LogP contribution in [-0.2, 0) is 0 Å². The van der Waals surface area contributed by atoms with E-state index in [-0.39, 0.29) is 11.8 Å². The van der Waals surface area contributed by atoms with Crippen molar-refractivity contribution < 1.29 is 14.4 Å². The highest BCUT2D eigenvalue weighted by Crippen LogP contribution is 2.18. The van der Waals surface area contributed by atoms with E-state index < -0.39 is 6.10 Å². The smallest absolute Gasteiger partial charge is 0.292 e. The summed E-state index contributed by atoms with van der Waals surface area (Å²) in [5.41, 5.74) is 1.72. The van der Waals surface area contributed by atoms with E-state index in [0.29, 0.717) is 25.4 Å². The van der Waals surface area contributed by atoms with Crippen molar-refractivity contribution in [1.82, 2.24) is 15.0 Å². The molecule has 2 heterocycles. The van der Waals surface area contributed by atoms with Gasteiger partial charge in [-0.1, -0.05) is 49.3 Å². The van der Waals surface area contributed by atoms with Gasteiger partial charge in [0, 0.05) is 38.8 Å². The molecule has 1 aliphatic rings. The summed E-state index contributed by atoms with van der Waals surface area (Å²) in [6.45, 7) is 7.33. The van der Waals surface area contributed by atoms with Gasteiger partial charge in [0.25, 0.3) is 5.91 Å². The molecular weight excluding hydrogens is 318 g/mol. The van der Waals surface area contributed by atoms with E-state index in [1.807, 2.05) is 44.2 Å². The highest BCUT2D eigenvalue weighted by atomic mass is 16.5. The molecule has 1 aromatic carbocycles. The second-order valence-electron chi connectivity index (χ2n) is 6.79. The van der Waals surface area contributed by atoms with E-state index in [0.717, 1.165) is 24.3 Å². The van der Waals surface area contributed by atoms with Crippen molar-refractivity contribution in [2.24, 2.45) is 0 Å². The Hall–Kier alpha value is -2.18. The van der Waals surface area contributed by atoms with Crippen LogP contribution in [-0.4, -0.2) is 58.7 Å². The van der Waals surface area contributed by atoms with Crippen molar-refractivity contribution in [2.75, 3.05) is 32.7 Å². The number of carbonyl (C=O) groups is 1. The van der Waals surface area contributed by atoms with E-state index >= 15 is 0 Å². The fourth-order valence-corrected chi connectivity index (χ4v) is 2.98. The minimum atomic E-state index is -0.508. The molecule has 1 unspecified atom stereocenters. The Kier molecular flexibility index (Phi) is 5.50. The Bertz CT molecular complexity index is 691. The van der Waals surface area contributed by atoms with E-state index in [1.54, 1.807) is 11.0 Å². The van der Waals surface area contributed by atoms with Crippen LogP contribution >= 0.6 is 0 Å². The summed E-state index contributed by atoms with van der Waals surface area (Å²) in [5.74, 6) is 0.436. The third kappa shape index (κ3) is 4.27. The Morgan fingerprint density at radius 3 is 2.48 bits per heavy atom. The van der Waals surface area contributed by atoms with Gasteiger partial charge in [-0.15, -0.1) is 0 Å². The first-order chi connectivity index (χ1) is 12.0. The molecule has 1 fully saturated rings. The molecule has 6 nitrogen and oxygen atoms in total. The summed E-state index contributed by atoms with van der Waals surface area (Å²) in [4.78, 5) is 16.5. The lowest BCUT2D eigenvalue weighted by Crippen LogP contribution is -2.49. The van der Waals surface area contributed by atoms with Crippen LogP contribution in [0.3, 0.4) is 0 Å². The van der Waals surface area contributed by atoms with Gasteiger partial charge < -0.3 is 14.5 Å². The van der Waals surface area contributed by atoms with Gasteiger partial charge in [-0.3, -0.25) is 9.69 Å². The van der Waals surface area contributed by atoms with Crippen molar-refractivity contribution in [3.8, 4) is 0 Å². The molecule has 2 aromatic rings. The summed E-state index contributed by atoms with van der Waals surface area (Å²) in [6, 6.07) is 11.4. The molecule has 0 saturated carbocycles. The van der Waals surface area contributed by atoms with Crippen molar-refractivity contribution in [1.29, 1.82) is 0 Å². The Balaban J connectivity index is 1.52. The highest BCUT2D eigenvalue weighted by molar-refractivity contribution is 5.91. The molecule has 0 bridgehead atoms. The standard InChI is InChI=1S/C19H25N3O3/c1-14(2)16-12-18(25-20-16)19(24)22-10-8-21(9-11-22)13-17(23)15-6-4-3-5-7-15/h3-7,12,14,17,23H,8-11,13H2,1-2H3. The lowest BCUT2D eigenvalue weighted by atomic mass is 10.1. The number of rotatable bonds is 5. The van der Waals surface area contributed by atoms with Crippen LogP contribution < -0.4 is 0 Å². The third-order valence-corrected chi connectivity index (χ3v) is 4.61. The number of hydrogen-bond acceptors (Lipinski definition) is 5. The lowest BCUT2D eigenvalue weighted by Gasteiger charge is -2.35. The van der Waals surface area contributed by atoms with Gasteiger partial charge in [-0.25, -0.2) is 0 Å². The molecule has 3 rings (SSSR count). The van der Waals surface area contributed by atoms with Gasteiger partial charge in [-0.2, -0.15) is 0 Å². The van der Waals surface area contributed by atoms with E-state index in [4.69, 9.17) is 4.52 Å². The molecule has 1 aliphatic heterocycles. The molecule has 1 aromatic heterocycles.